The van der Waals surface area contributed by atoms with Gasteiger partial charge >= 0.3 is 0 Å². The Bertz CT molecular complexity index is 1000. The second-order valence-electron chi connectivity index (χ2n) is 6.87. The summed E-state index contributed by atoms with van der Waals surface area (Å²) in [6, 6.07) is 6.43. The van der Waals surface area contributed by atoms with Crippen LogP contribution in [0.3, 0.4) is 0 Å². The highest BCUT2D eigenvalue weighted by molar-refractivity contribution is 5.83. The fraction of sp³-hybridized carbons (Fsp3) is 0.364. The van der Waals surface area contributed by atoms with E-state index in [1.807, 2.05) is 6.07 Å². The number of methoxy groups -OCH3 is 3. The average molecular weight is 399 g/mol. The third-order valence-corrected chi connectivity index (χ3v) is 5.17. The molecule has 1 amide bonds. The lowest BCUT2D eigenvalue weighted by atomic mass is 9.95. The number of carbonyl (C=O) groups excluding carboxylic acids is 1. The maximum atomic E-state index is 12.6. The van der Waals surface area contributed by atoms with Gasteiger partial charge in [0.05, 0.1) is 34.0 Å². The number of aliphatic hydroxyl groups is 1. The molecule has 0 bridgehead atoms. The van der Waals surface area contributed by atoms with Crippen LogP contribution in [0.15, 0.2) is 29.1 Å². The van der Waals surface area contributed by atoms with Crippen molar-refractivity contribution in [1.82, 2.24) is 5.32 Å². The van der Waals surface area contributed by atoms with Crippen molar-refractivity contribution in [3.63, 3.8) is 0 Å². The van der Waals surface area contributed by atoms with Crippen molar-refractivity contribution in [2.75, 3.05) is 21.3 Å². The number of fused-ring (bicyclic) bond motifs is 3. The van der Waals surface area contributed by atoms with Gasteiger partial charge in [0.1, 0.15) is 0 Å². The third kappa shape index (κ3) is 3.78. The second-order valence-corrected chi connectivity index (χ2v) is 6.87. The molecule has 0 radical (unpaired) electrons. The highest BCUT2D eigenvalue weighted by Crippen LogP contribution is 2.50. The average Bonchev–Trinajstić information content (AvgIpc) is 2.95. The van der Waals surface area contributed by atoms with E-state index in [4.69, 9.17) is 14.2 Å². The lowest BCUT2D eigenvalue weighted by Crippen LogP contribution is -2.26. The molecule has 2 aromatic rings. The normalized spacial score (nSPS) is 14.9. The summed E-state index contributed by atoms with van der Waals surface area (Å²) in [6.07, 6.45) is 1.23. The highest BCUT2D eigenvalue weighted by Gasteiger charge is 2.29. The summed E-state index contributed by atoms with van der Waals surface area (Å²) in [5, 5.41) is 12.5. The number of aliphatic hydroxyl groups excluding tert-OH is 1. The molecule has 1 aliphatic carbocycles. The number of hydrogen-bond donors (Lipinski definition) is 2. The summed E-state index contributed by atoms with van der Waals surface area (Å²) < 4.78 is 16.7. The van der Waals surface area contributed by atoms with Crippen LogP contribution >= 0.6 is 0 Å². The number of benzene rings is 1. The molecular weight excluding hydrogens is 374 g/mol. The van der Waals surface area contributed by atoms with Gasteiger partial charge in [0.15, 0.2) is 16.9 Å². The Labute approximate surface area is 169 Å². The van der Waals surface area contributed by atoms with Crippen molar-refractivity contribution >= 4 is 5.91 Å². The standard InChI is InChI=1S/C22H25NO6/c1-12(25)23-17-8-6-13-9-19(27-2)21(28-3)22(29-4)20(13)15-7-5-14(11-24)18(26)10-16(15)17/h5,7,9-10,17,24H,6,8,11H2,1-4H3,(H,23,25)/t17-/m0/s1. The number of hydrogen-bond acceptors (Lipinski definition) is 6. The Hall–Kier alpha value is -3.06. The Balaban J connectivity index is 2.41. The molecule has 154 valence electrons. The van der Waals surface area contributed by atoms with Gasteiger partial charge in [-0.15, -0.1) is 0 Å². The van der Waals surface area contributed by atoms with E-state index in [0.717, 1.165) is 16.7 Å². The van der Waals surface area contributed by atoms with Gasteiger partial charge in [-0.3, -0.25) is 9.59 Å². The van der Waals surface area contributed by atoms with Crippen LogP contribution in [0, 0.1) is 0 Å². The first kappa shape index (κ1) is 20.7. The molecule has 0 spiro atoms. The summed E-state index contributed by atoms with van der Waals surface area (Å²) in [4.78, 5) is 24.4. The van der Waals surface area contributed by atoms with Crippen molar-refractivity contribution in [2.45, 2.75) is 32.4 Å². The predicted octanol–water partition coefficient (Wildman–Crippen LogP) is 2.36. The molecule has 2 N–H and O–H groups in total. The van der Waals surface area contributed by atoms with Gasteiger partial charge in [0.2, 0.25) is 11.7 Å². The minimum atomic E-state index is -0.368. The molecule has 1 atom stereocenters. The van der Waals surface area contributed by atoms with E-state index in [1.165, 1.54) is 20.1 Å². The van der Waals surface area contributed by atoms with Gasteiger partial charge < -0.3 is 24.6 Å². The van der Waals surface area contributed by atoms with Crippen LogP contribution in [-0.2, 0) is 17.8 Å². The van der Waals surface area contributed by atoms with Crippen molar-refractivity contribution < 1.29 is 24.1 Å². The molecule has 0 unspecified atom stereocenters. The van der Waals surface area contributed by atoms with E-state index in [-0.39, 0.29) is 29.5 Å². The van der Waals surface area contributed by atoms with Crippen molar-refractivity contribution in [3.05, 3.63) is 51.2 Å². The van der Waals surface area contributed by atoms with E-state index < -0.39 is 0 Å². The minimum Gasteiger partial charge on any atom is -0.493 e. The van der Waals surface area contributed by atoms with E-state index in [9.17, 15) is 14.7 Å². The number of aryl methyl sites for hydroxylation is 1. The first-order chi connectivity index (χ1) is 13.9. The zero-order valence-electron chi connectivity index (χ0n) is 17.0. The Kier molecular flexibility index (Phi) is 6.08. The fourth-order valence-electron chi connectivity index (χ4n) is 3.87. The second kappa shape index (κ2) is 8.53. The molecule has 7 nitrogen and oxygen atoms in total. The summed E-state index contributed by atoms with van der Waals surface area (Å²) in [7, 11) is 4.65. The summed E-state index contributed by atoms with van der Waals surface area (Å²) >= 11 is 0. The van der Waals surface area contributed by atoms with Crippen LogP contribution in [-0.4, -0.2) is 32.3 Å². The van der Waals surface area contributed by atoms with E-state index in [1.54, 1.807) is 26.4 Å². The first-order valence-corrected chi connectivity index (χ1v) is 9.32. The zero-order valence-corrected chi connectivity index (χ0v) is 17.0. The maximum absolute atomic E-state index is 12.6. The van der Waals surface area contributed by atoms with Crippen molar-refractivity contribution in [1.29, 1.82) is 0 Å². The van der Waals surface area contributed by atoms with E-state index >= 15 is 0 Å². The smallest absolute Gasteiger partial charge is 0.217 e. The SMILES string of the molecule is COc1cc2c(c(OC)c1OC)-c1ccc(CO)c(=O)cc1[C@@H](NC(C)=O)CC2. The number of carbonyl (C=O) groups is 1. The molecule has 29 heavy (non-hydrogen) atoms. The van der Waals surface area contributed by atoms with Crippen LogP contribution in [0.25, 0.3) is 11.1 Å². The molecule has 3 rings (SSSR count). The Morgan fingerprint density at radius 3 is 2.45 bits per heavy atom. The Morgan fingerprint density at radius 1 is 1.14 bits per heavy atom. The van der Waals surface area contributed by atoms with Crippen LogP contribution in [0.1, 0.15) is 36.1 Å². The maximum Gasteiger partial charge on any atom is 0.217 e. The molecule has 1 aliphatic rings. The minimum absolute atomic E-state index is 0.185. The monoisotopic (exact) mass is 399 g/mol. The molecule has 0 saturated heterocycles. The van der Waals surface area contributed by atoms with Crippen LogP contribution in [0.5, 0.6) is 17.2 Å². The van der Waals surface area contributed by atoms with Gasteiger partial charge in [-0.05, 0) is 41.7 Å². The Morgan fingerprint density at radius 2 is 1.86 bits per heavy atom. The molecule has 0 heterocycles. The molecule has 0 saturated carbocycles. The van der Waals surface area contributed by atoms with Gasteiger partial charge in [-0.25, -0.2) is 0 Å². The van der Waals surface area contributed by atoms with Crippen LogP contribution in [0.2, 0.25) is 0 Å². The first-order valence-electron chi connectivity index (χ1n) is 9.32. The van der Waals surface area contributed by atoms with E-state index in [0.29, 0.717) is 35.7 Å². The largest absolute Gasteiger partial charge is 0.493 e. The van der Waals surface area contributed by atoms with Crippen molar-refractivity contribution in [2.24, 2.45) is 0 Å². The molecule has 0 aromatic heterocycles. The van der Waals surface area contributed by atoms with Crippen LogP contribution < -0.4 is 25.0 Å². The number of rotatable bonds is 5. The summed E-state index contributed by atoms with van der Waals surface area (Å²) in [5.74, 6) is 1.31. The van der Waals surface area contributed by atoms with Gasteiger partial charge in [-0.2, -0.15) is 0 Å². The highest BCUT2D eigenvalue weighted by atomic mass is 16.5. The third-order valence-electron chi connectivity index (χ3n) is 5.17. The molecular formula is C22H25NO6. The quantitative estimate of drug-likeness (QED) is 0.802. The predicted molar refractivity (Wildman–Crippen MR) is 109 cm³/mol. The number of amides is 1. The molecule has 0 fully saturated rings. The summed E-state index contributed by atoms with van der Waals surface area (Å²) in [6.45, 7) is 1.08. The topological polar surface area (TPSA) is 94.1 Å². The lowest BCUT2D eigenvalue weighted by Gasteiger charge is -2.19. The lowest BCUT2D eigenvalue weighted by molar-refractivity contribution is -0.119. The number of ether oxygens (including phenoxy) is 3. The molecule has 0 aliphatic heterocycles. The molecule has 2 aromatic carbocycles. The molecule has 7 heteroatoms. The van der Waals surface area contributed by atoms with Crippen LogP contribution in [0.4, 0.5) is 0 Å². The van der Waals surface area contributed by atoms with Gasteiger partial charge in [-0.1, -0.05) is 12.1 Å². The zero-order chi connectivity index (χ0) is 21.1. The fourth-order valence-corrected chi connectivity index (χ4v) is 3.87. The van der Waals surface area contributed by atoms with Gasteiger partial charge in [0.25, 0.3) is 0 Å². The summed E-state index contributed by atoms with van der Waals surface area (Å²) in [5.41, 5.74) is 3.15. The van der Waals surface area contributed by atoms with Gasteiger partial charge in [0, 0.05) is 18.1 Å². The number of nitrogens with one attached hydrogen (secondary N) is 1. The van der Waals surface area contributed by atoms with Crippen molar-refractivity contribution in [3.8, 4) is 28.4 Å². The van der Waals surface area contributed by atoms with E-state index in [2.05, 4.69) is 5.32 Å².